The second kappa shape index (κ2) is 5.48. The summed E-state index contributed by atoms with van der Waals surface area (Å²) in [6, 6.07) is 9.45. The molecule has 0 heterocycles. The van der Waals surface area contributed by atoms with Crippen molar-refractivity contribution in [3.05, 3.63) is 59.7 Å². The lowest BCUT2D eigenvalue weighted by molar-refractivity contribution is -0.115. The smallest absolute Gasteiger partial charge is 0.228 e. The number of hydrogen-bond acceptors (Lipinski definition) is 2. The normalized spacial score (nSPS) is 10.2. The number of halogens is 2. The van der Waals surface area contributed by atoms with E-state index in [9.17, 15) is 18.7 Å². The first kappa shape index (κ1) is 13.0. The maximum atomic E-state index is 13.3. The zero-order valence-electron chi connectivity index (χ0n) is 9.86. The molecule has 98 valence electrons. The lowest BCUT2D eigenvalue weighted by Crippen LogP contribution is -2.16. The molecule has 0 aliphatic carbocycles. The molecule has 0 radical (unpaired) electrons. The van der Waals surface area contributed by atoms with Crippen LogP contribution in [0.25, 0.3) is 0 Å². The molecular formula is C14H11F2NO2. The lowest BCUT2D eigenvalue weighted by Gasteiger charge is -2.07. The van der Waals surface area contributed by atoms with Gasteiger partial charge in [0.2, 0.25) is 5.91 Å². The van der Waals surface area contributed by atoms with Crippen LogP contribution < -0.4 is 5.32 Å². The van der Waals surface area contributed by atoms with E-state index < -0.39 is 23.2 Å². The van der Waals surface area contributed by atoms with E-state index in [0.29, 0.717) is 5.56 Å². The van der Waals surface area contributed by atoms with E-state index >= 15 is 0 Å². The van der Waals surface area contributed by atoms with Crippen LogP contribution in [0.3, 0.4) is 0 Å². The molecule has 2 rings (SSSR count). The summed E-state index contributed by atoms with van der Waals surface area (Å²) in [5, 5.41) is 11.4. The summed E-state index contributed by atoms with van der Waals surface area (Å²) in [4.78, 5) is 11.7. The van der Waals surface area contributed by atoms with Crippen molar-refractivity contribution < 1.29 is 18.7 Å². The second-order valence-corrected chi connectivity index (χ2v) is 3.99. The molecule has 19 heavy (non-hydrogen) atoms. The number of phenolic OH excluding ortho intramolecular Hbond substituents is 1. The summed E-state index contributed by atoms with van der Waals surface area (Å²) >= 11 is 0. The average molecular weight is 263 g/mol. The Morgan fingerprint density at radius 1 is 1.11 bits per heavy atom. The van der Waals surface area contributed by atoms with Crippen molar-refractivity contribution in [1.29, 1.82) is 0 Å². The van der Waals surface area contributed by atoms with Crippen LogP contribution in [0.15, 0.2) is 42.5 Å². The SMILES string of the molecule is O=C(Cc1cccc(O)c1)Nc1c(F)cccc1F. The molecule has 0 bridgehead atoms. The van der Waals surface area contributed by atoms with Crippen LogP contribution in [0.2, 0.25) is 0 Å². The lowest BCUT2D eigenvalue weighted by atomic mass is 10.1. The van der Waals surface area contributed by atoms with Crippen LogP contribution in [-0.2, 0) is 11.2 Å². The molecule has 0 aromatic heterocycles. The molecule has 2 aromatic rings. The summed E-state index contributed by atoms with van der Waals surface area (Å²) in [6.45, 7) is 0. The maximum Gasteiger partial charge on any atom is 0.228 e. The van der Waals surface area contributed by atoms with Crippen molar-refractivity contribution in [2.24, 2.45) is 0 Å². The molecule has 3 nitrogen and oxygen atoms in total. The Morgan fingerprint density at radius 3 is 2.37 bits per heavy atom. The van der Waals surface area contributed by atoms with Gasteiger partial charge >= 0.3 is 0 Å². The van der Waals surface area contributed by atoms with E-state index in [2.05, 4.69) is 5.32 Å². The number of carbonyl (C=O) groups is 1. The molecule has 2 N–H and O–H groups in total. The van der Waals surface area contributed by atoms with Gasteiger partial charge in [-0.1, -0.05) is 18.2 Å². The number of nitrogens with one attached hydrogen (secondary N) is 1. The molecule has 0 aliphatic rings. The number of hydrogen-bond donors (Lipinski definition) is 2. The van der Waals surface area contributed by atoms with Gasteiger partial charge in [-0.15, -0.1) is 0 Å². The number of aromatic hydroxyl groups is 1. The predicted octanol–water partition coefficient (Wildman–Crippen LogP) is 2.85. The minimum Gasteiger partial charge on any atom is -0.508 e. The van der Waals surface area contributed by atoms with E-state index in [-0.39, 0.29) is 12.2 Å². The van der Waals surface area contributed by atoms with Crippen LogP contribution in [-0.4, -0.2) is 11.0 Å². The molecule has 0 saturated carbocycles. The predicted molar refractivity (Wildman–Crippen MR) is 66.8 cm³/mol. The molecule has 1 amide bonds. The monoisotopic (exact) mass is 263 g/mol. The standard InChI is InChI=1S/C14H11F2NO2/c15-11-5-2-6-12(16)14(11)17-13(19)8-9-3-1-4-10(18)7-9/h1-7,18H,8H2,(H,17,19). The zero-order chi connectivity index (χ0) is 13.8. The van der Waals surface area contributed by atoms with Crippen molar-refractivity contribution in [1.82, 2.24) is 0 Å². The minimum absolute atomic E-state index is 0.0300. The fourth-order valence-corrected chi connectivity index (χ4v) is 1.65. The first-order chi connectivity index (χ1) is 9.06. The molecule has 0 fully saturated rings. The molecule has 2 aromatic carbocycles. The summed E-state index contributed by atoms with van der Waals surface area (Å²) < 4.78 is 26.6. The number of para-hydroxylation sites is 1. The third kappa shape index (κ3) is 3.28. The molecule has 0 spiro atoms. The number of phenols is 1. The fourth-order valence-electron chi connectivity index (χ4n) is 1.65. The van der Waals surface area contributed by atoms with E-state index in [1.165, 1.54) is 18.2 Å². The molecule has 0 atom stereocenters. The number of carbonyl (C=O) groups excluding carboxylic acids is 1. The van der Waals surface area contributed by atoms with Gasteiger partial charge in [0.1, 0.15) is 23.1 Å². The quantitative estimate of drug-likeness (QED) is 0.894. The number of rotatable bonds is 3. The van der Waals surface area contributed by atoms with Gasteiger partial charge in [0, 0.05) is 0 Å². The van der Waals surface area contributed by atoms with Gasteiger partial charge in [-0.25, -0.2) is 8.78 Å². The van der Waals surface area contributed by atoms with E-state index in [4.69, 9.17) is 0 Å². The highest BCUT2D eigenvalue weighted by molar-refractivity contribution is 5.92. The third-order valence-corrected chi connectivity index (χ3v) is 2.50. The van der Waals surface area contributed by atoms with Crippen molar-refractivity contribution in [3.8, 4) is 5.75 Å². The Labute approximate surface area is 108 Å². The Kier molecular flexibility index (Phi) is 3.75. The fraction of sp³-hybridized carbons (Fsp3) is 0.0714. The van der Waals surface area contributed by atoms with Gasteiger partial charge in [-0.3, -0.25) is 4.79 Å². The van der Waals surface area contributed by atoms with Gasteiger partial charge in [-0.05, 0) is 29.8 Å². The zero-order valence-corrected chi connectivity index (χ0v) is 9.86. The summed E-state index contributed by atoms with van der Waals surface area (Å²) in [7, 11) is 0. The Balaban J connectivity index is 2.10. The van der Waals surface area contributed by atoms with Gasteiger partial charge in [0.25, 0.3) is 0 Å². The van der Waals surface area contributed by atoms with Crippen molar-refractivity contribution in [2.45, 2.75) is 6.42 Å². The van der Waals surface area contributed by atoms with Crippen LogP contribution in [0, 0.1) is 11.6 Å². The van der Waals surface area contributed by atoms with Crippen LogP contribution in [0.4, 0.5) is 14.5 Å². The second-order valence-electron chi connectivity index (χ2n) is 3.99. The van der Waals surface area contributed by atoms with Gasteiger partial charge in [0.15, 0.2) is 0 Å². The van der Waals surface area contributed by atoms with E-state index in [0.717, 1.165) is 12.1 Å². The van der Waals surface area contributed by atoms with E-state index in [1.807, 2.05) is 0 Å². The highest BCUT2D eigenvalue weighted by atomic mass is 19.1. The topological polar surface area (TPSA) is 49.3 Å². The maximum absolute atomic E-state index is 13.3. The Hall–Kier alpha value is -2.43. The molecular weight excluding hydrogens is 252 g/mol. The van der Waals surface area contributed by atoms with Crippen molar-refractivity contribution in [2.75, 3.05) is 5.32 Å². The minimum atomic E-state index is -0.829. The number of benzene rings is 2. The molecule has 0 aliphatic heterocycles. The highest BCUT2D eigenvalue weighted by Crippen LogP contribution is 2.18. The van der Waals surface area contributed by atoms with Gasteiger partial charge in [0.05, 0.1) is 6.42 Å². The van der Waals surface area contributed by atoms with Crippen LogP contribution in [0.1, 0.15) is 5.56 Å². The van der Waals surface area contributed by atoms with Crippen molar-refractivity contribution >= 4 is 11.6 Å². The molecule has 0 saturated heterocycles. The number of amides is 1. The average Bonchev–Trinajstić information content (AvgIpc) is 2.34. The summed E-state index contributed by atoms with van der Waals surface area (Å²) in [5.41, 5.74) is 0.0851. The van der Waals surface area contributed by atoms with Crippen LogP contribution >= 0.6 is 0 Å². The Bertz CT molecular complexity index is 594. The summed E-state index contributed by atoms with van der Waals surface area (Å²) in [5.74, 6) is -2.19. The molecule has 5 heteroatoms. The largest absolute Gasteiger partial charge is 0.508 e. The third-order valence-electron chi connectivity index (χ3n) is 2.50. The first-order valence-corrected chi connectivity index (χ1v) is 5.58. The van der Waals surface area contributed by atoms with E-state index in [1.54, 1.807) is 12.1 Å². The summed E-state index contributed by atoms with van der Waals surface area (Å²) in [6.07, 6.45) is -0.0812. The number of anilines is 1. The Morgan fingerprint density at radius 2 is 1.74 bits per heavy atom. The highest BCUT2D eigenvalue weighted by Gasteiger charge is 2.12. The van der Waals surface area contributed by atoms with Gasteiger partial charge in [-0.2, -0.15) is 0 Å². The van der Waals surface area contributed by atoms with Gasteiger partial charge < -0.3 is 10.4 Å². The first-order valence-electron chi connectivity index (χ1n) is 5.58. The molecule has 0 unspecified atom stereocenters. The van der Waals surface area contributed by atoms with Crippen LogP contribution in [0.5, 0.6) is 5.75 Å². The van der Waals surface area contributed by atoms with Crippen molar-refractivity contribution in [3.63, 3.8) is 0 Å².